The molecule has 1 heterocycles. The van der Waals surface area contributed by atoms with Gasteiger partial charge in [0.25, 0.3) is 5.91 Å². The van der Waals surface area contributed by atoms with Crippen molar-refractivity contribution in [3.05, 3.63) is 47.8 Å². The van der Waals surface area contributed by atoms with E-state index >= 15 is 0 Å². The Labute approximate surface area is 125 Å². The van der Waals surface area contributed by atoms with E-state index < -0.39 is 0 Å². The number of anilines is 1. The van der Waals surface area contributed by atoms with Crippen LogP contribution in [0.2, 0.25) is 0 Å². The molecule has 0 aliphatic rings. The van der Waals surface area contributed by atoms with E-state index in [-0.39, 0.29) is 11.9 Å². The molecule has 1 unspecified atom stereocenters. The zero-order valence-corrected chi connectivity index (χ0v) is 12.8. The Hall–Kier alpha value is -2.30. The second-order valence-electron chi connectivity index (χ2n) is 5.28. The third-order valence-electron chi connectivity index (χ3n) is 3.64. The third-order valence-corrected chi connectivity index (χ3v) is 3.64. The Morgan fingerprint density at radius 1 is 1.38 bits per heavy atom. The molecule has 2 aromatic rings. The number of benzene rings is 1. The summed E-state index contributed by atoms with van der Waals surface area (Å²) in [5.74, 6) is -0.119. The highest BCUT2D eigenvalue weighted by atomic mass is 16.2. The molecule has 5 heteroatoms. The number of carbonyl (C=O) groups is 1. The maximum absolute atomic E-state index is 12.8. The van der Waals surface area contributed by atoms with Crippen molar-refractivity contribution in [2.75, 3.05) is 5.73 Å². The average molecular weight is 286 g/mol. The second-order valence-corrected chi connectivity index (χ2v) is 5.28. The van der Waals surface area contributed by atoms with Crippen LogP contribution < -0.4 is 5.73 Å². The van der Waals surface area contributed by atoms with Crippen LogP contribution in [0.4, 0.5) is 5.69 Å². The van der Waals surface area contributed by atoms with Gasteiger partial charge in [-0.2, -0.15) is 5.10 Å². The Kier molecular flexibility index (Phi) is 4.62. The van der Waals surface area contributed by atoms with Crippen molar-refractivity contribution in [3.8, 4) is 0 Å². The summed E-state index contributed by atoms with van der Waals surface area (Å²) in [5.41, 5.74) is 7.73. The van der Waals surface area contributed by atoms with E-state index in [9.17, 15) is 4.79 Å². The van der Waals surface area contributed by atoms with Crippen molar-refractivity contribution in [1.82, 2.24) is 14.7 Å². The highest BCUT2D eigenvalue weighted by Crippen LogP contribution is 2.17. The first-order chi connectivity index (χ1) is 10.0. The standard InChI is InChI=1S/C16H22N4O/c1-4-12(2)20(10-13-8-6-5-7-9-13)16(21)15-14(17)11-19(3)18-15/h5-9,11-12H,4,10,17H2,1-3H3. The molecule has 0 aliphatic heterocycles. The number of rotatable bonds is 5. The van der Waals surface area contributed by atoms with Crippen molar-refractivity contribution in [2.45, 2.75) is 32.9 Å². The molecule has 0 aliphatic carbocycles. The predicted molar refractivity (Wildman–Crippen MR) is 83.7 cm³/mol. The summed E-state index contributed by atoms with van der Waals surface area (Å²) < 4.78 is 1.57. The van der Waals surface area contributed by atoms with Gasteiger partial charge in [-0.3, -0.25) is 9.48 Å². The summed E-state index contributed by atoms with van der Waals surface area (Å²) in [5, 5.41) is 4.19. The number of hydrogen-bond donors (Lipinski definition) is 1. The van der Waals surface area contributed by atoms with Crippen molar-refractivity contribution in [1.29, 1.82) is 0 Å². The van der Waals surface area contributed by atoms with E-state index in [1.54, 1.807) is 17.9 Å². The number of aryl methyl sites for hydroxylation is 1. The fraction of sp³-hybridized carbons (Fsp3) is 0.375. The van der Waals surface area contributed by atoms with Gasteiger partial charge in [0, 0.05) is 25.8 Å². The van der Waals surface area contributed by atoms with Gasteiger partial charge >= 0.3 is 0 Å². The Morgan fingerprint density at radius 2 is 2.05 bits per heavy atom. The van der Waals surface area contributed by atoms with Crippen LogP contribution in [0.1, 0.15) is 36.3 Å². The summed E-state index contributed by atoms with van der Waals surface area (Å²) in [6.45, 7) is 4.67. The number of aromatic nitrogens is 2. The van der Waals surface area contributed by atoms with Gasteiger partial charge < -0.3 is 10.6 Å². The minimum atomic E-state index is -0.119. The number of nitrogens with zero attached hydrogens (tertiary/aromatic N) is 3. The van der Waals surface area contributed by atoms with Crippen LogP contribution in [-0.2, 0) is 13.6 Å². The van der Waals surface area contributed by atoms with Gasteiger partial charge in [-0.1, -0.05) is 37.3 Å². The van der Waals surface area contributed by atoms with Gasteiger partial charge in [0.1, 0.15) is 0 Å². The molecule has 2 N–H and O–H groups in total. The molecule has 0 radical (unpaired) electrons. The molecule has 21 heavy (non-hydrogen) atoms. The molecule has 0 fully saturated rings. The lowest BCUT2D eigenvalue weighted by Crippen LogP contribution is -2.38. The first kappa shape index (κ1) is 15.1. The molecule has 5 nitrogen and oxygen atoms in total. The SMILES string of the molecule is CCC(C)N(Cc1ccccc1)C(=O)c1nn(C)cc1N. The largest absolute Gasteiger partial charge is 0.396 e. The zero-order valence-electron chi connectivity index (χ0n) is 12.8. The number of hydrogen-bond acceptors (Lipinski definition) is 3. The third kappa shape index (κ3) is 3.42. The fourth-order valence-corrected chi connectivity index (χ4v) is 2.24. The summed E-state index contributed by atoms with van der Waals surface area (Å²) >= 11 is 0. The van der Waals surface area contributed by atoms with Crippen LogP contribution in [0.5, 0.6) is 0 Å². The minimum absolute atomic E-state index is 0.119. The van der Waals surface area contributed by atoms with E-state index in [0.29, 0.717) is 17.9 Å². The summed E-state index contributed by atoms with van der Waals surface area (Å²) in [7, 11) is 1.76. The number of nitrogen functional groups attached to an aromatic ring is 1. The number of carbonyl (C=O) groups excluding carboxylic acids is 1. The van der Waals surface area contributed by atoms with Gasteiger partial charge in [0.15, 0.2) is 5.69 Å². The first-order valence-corrected chi connectivity index (χ1v) is 7.17. The van der Waals surface area contributed by atoms with Gasteiger partial charge in [0.2, 0.25) is 0 Å². The maximum Gasteiger partial charge on any atom is 0.277 e. The van der Waals surface area contributed by atoms with Crippen molar-refractivity contribution < 1.29 is 4.79 Å². The van der Waals surface area contributed by atoms with Crippen LogP contribution in [0.15, 0.2) is 36.5 Å². The molecule has 1 aromatic carbocycles. The lowest BCUT2D eigenvalue weighted by Gasteiger charge is -2.28. The van der Waals surface area contributed by atoms with Gasteiger partial charge in [-0.05, 0) is 18.9 Å². The molecule has 0 saturated heterocycles. The van der Waals surface area contributed by atoms with Gasteiger partial charge in [-0.15, -0.1) is 0 Å². The van der Waals surface area contributed by atoms with Gasteiger partial charge in [-0.25, -0.2) is 0 Å². The first-order valence-electron chi connectivity index (χ1n) is 7.17. The topological polar surface area (TPSA) is 64.2 Å². The summed E-state index contributed by atoms with van der Waals surface area (Å²) in [6, 6.07) is 10.1. The molecule has 112 valence electrons. The zero-order chi connectivity index (χ0) is 15.4. The van der Waals surface area contributed by atoms with Crippen molar-refractivity contribution in [3.63, 3.8) is 0 Å². The fourth-order valence-electron chi connectivity index (χ4n) is 2.24. The summed E-state index contributed by atoms with van der Waals surface area (Å²) in [4.78, 5) is 14.6. The van der Waals surface area contributed by atoms with Crippen LogP contribution >= 0.6 is 0 Å². The molecule has 1 atom stereocenters. The minimum Gasteiger partial charge on any atom is -0.396 e. The number of nitrogens with two attached hydrogens (primary N) is 1. The lowest BCUT2D eigenvalue weighted by atomic mass is 10.1. The highest BCUT2D eigenvalue weighted by Gasteiger charge is 2.24. The smallest absolute Gasteiger partial charge is 0.277 e. The summed E-state index contributed by atoms with van der Waals surface area (Å²) in [6.07, 6.45) is 2.54. The van der Waals surface area contributed by atoms with Crippen molar-refractivity contribution in [2.24, 2.45) is 7.05 Å². The van der Waals surface area contributed by atoms with E-state index in [0.717, 1.165) is 12.0 Å². The van der Waals surface area contributed by atoms with E-state index in [1.165, 1.54) is 0 Å². The molecule has 2 rings (SSSR count). The quantitative estimate of drug-likeness (QED) is 0.918. The molecule has 0 saturated carbocycles. The lowest BCUT2D eigenvalue weighted by molar-refractivity contribution is 0.0665. The predicted octanol–water partition coefficient (Wildman–Crippen LogP) is 2.44. The molecule has 0 spiro atoms. The Balaban J connectivity index is 2.28. The maximum atomic E-state index is 12.8. The number of amides is 1. The molecular weight excluding hydrogens is 264 g/mol. The van der Waals surface area contributed by atoms with Crippen LogP contribution in [0, 0.1) is 0 Å². The van der Waals surface area contributed by atoms with Crippen LogP contribution in [0.25, 0.3) is 0 Å². The molecular formula is C16H22N4O. The van der Waals surface area contributed by atoms with Crippen LogP contribution in [-0.4, -0.2) is 26.6 Å². The van der Waals surface area contributed by atoms with Crippen LogP contribution in [0.3, 0.4) is 0 Å². The average Bonchev–Trinajstić information content (AvgIpc) is 2.83. The molecule has 0 bridgehead atoms. The van der Waals surface area contributed by atoms with E-state index in [1.807, 2.05) is 42.2 Å². The Morgan fingerprint density at radius 3 is 2.57 bits per heavy atom. The molecule has 1 aromatic heterocycles. The van der Waals surface area contributed by atoms with E-state index in [4.69, 9.17) is 5.73 Å². The van der Waals surface area contributed by atoms with Gasteiger partial charge in [0.05, 0.1) is 5.69 Å². The normalized spacial score (nSPS) is 12.1. The second kappa shape index (κ2) is 6.43. The Bertz CT molecular complexity index is 606. The molecule has 1 amide bonds. The monoisotopic (exact) mass is 286 g/mol. The van der Waals surface area contributed by atoms with E-state index in [2.05, 4.69) is 12.0 Å². The highest BCUT2D eigenvalue weighted by molar-refractivity contribution is 5.97. The van der Waals surface area contributed by atoms with Crippen molar-refractivity contribution >= 4 is 11.6 Å².